The summed E-state index contributed by atoms with van der Waals surface area (Å²) < 4.78 is 39.7. The number of alkyl halides is 3. The Morgan fingerprint density at radius 3 is 2.71 bits per heavy atom. The molecule has 1 heterocycles. The van der Waals surface area contributed by atoms with Crippen molar-refractivity contribution in [2.75, 3.05) is 0 Å². The predicted molar refractivity (Wildman–Crippen MR) is 54.9 cm³/mol. The maximum Gasteiger partial charge on any atom is 0.573 e. The molecule has 8 heteroatoms. The average Bonchev–Trinajstić information content (AvgIpc) is 2.63. The van der Waals surface area contributed by atoms with Crippen LogP contribution >= 0.6 is 11.3 Å². The van der Waals surface area contributed by atoms with Crippen LogP contribution in [0.2, 0.25) is 0 Å². The maximum atomic E-state index is 12.0. The van der Waals surface area contributed by atoms with Crippen molar-refractivity contribution in [3.63, 3.8) is 0 Å². The summed E-state index contributed by atoms with van der Waals surface area (Å²) in [6, 6.07) is 5.27. The van der Waals surface area contributed by atoms with E-state index in [2.05, 4.69) is 14.9 Å². The van der Waals surface area contributed by atoms with Gasteiger partial charge in [0, 0.05) is 5.56 Å². The monoisotopic (exact) mass is 262 g/mol. The van der Waals surface area contributed by atoms with Crippen molar-refractivity contribution in [2.24, 2.45) is 0 Å². The molecule has 0 saturated heterocycles. The van der Waals surface area contributed by atoms with E-state index in [0.29, 0.717) is 10.6 Å². The van der Waals surface area contributed by atoms with Crippen molar-refractivity contribution in [1.82, 2.24) is 10.2 Å². The predicted octanol–water partition coefficient (Wildman–Crippen LogP) is 2.40. The van der Waals surface area contributed by atoms with Gasteiger partial charge in [-0.2, -0.15) is 5.10 Å². The van der Waals surface area contributed by atoms with Crippen molar-refractivity contribution < 1.29 is 17.9 Å². The van der Waals surface area contributed by atoms with Crippen LogP contribution in [0.15, 0.2) is 29.1 Å². The zero-order valence-electron chi connectivity index (χ0n) is 8.12. The number of rotatable bonds is 2. The van der Waals surface area contributed by atoms with Gasteiger partial charge in [0.05, 0.1) is 0 Å². The molecule has 0 aliphatic carbocycles. The Bertz CT molecular complexity index is 576. The van der Waals surface area contributed by atoms with Gasteiger partial charge in [-0.15, -0.1) is 13.2 Å². The van der Waals surface area contributed by atoms with Gasteiger partial charge in [-0.25, -0.2) is 5.10 Å². The zero-order chi connectivity index (χ0) is 12.5. The highest BCUT2D eigenvalue weighted by atomic mass is 32.1. The van der Waals surface area contributed by atoms with E-state index in [1.165, 1.54) is 24.3 Å². The molecule has 0 radical (unpaired) electrons. The fourth-order valence-electron chi connectivity index (χ4n) is 1.18. The number of hydrogen-bond donors (Lipinski definition) is 1. The van der Waals surface area contributed by atoms with Gasteiger partial charge in [-0.05, 0) is 12.1 Å². The van der Waals surface area contributed by atoms with Crippen molar-refractivity contribution in [1.29, 1.82) is 0 Å². The molecule has 1 aromatic heterocycles. The third kappa shape index (κ3) is 3.06. The van der Waals surface area contributed by atoms with Gasteiger partial charge in [-0.1, -0.05) is 23.5 Å². The lowest BCUT2D eigenvalue weighted by atomic mass is 10.2. The lowest BCUT2D eigenvalue weighted by Gasteiger charge is -2.08. The SMILES string of the molecule is O=c1[nH]nc(-c2cccc(OC(F)(F)F)c2)s1. The average molecular weight is 262 g/mol. The molecule has 1 aromatic carbocycles. The fraction of sp³-hybridized carbons (Fsp3) is 0.111. The Kier molecular flexibility index (Phi) is 2.88. The van der Waals surface area contributed by atoms with Gasteiger partial charge in [0.1, 0.15) is 10.8 Å². The molecule has 0 spiro atoms. The first-order valence-corrected chi connectivity index (χ1v) is 5.17. The second-order valence-electron chi connectivity index (χ2n) is 2.99. The number of aromatic nitrogens is 2. The molecule has 1 N–H and O–H groups in total. The van der Waals surface area contributed by atoms with Crippen molar-refractivity contribution in [3.8, 4) is 16.3 Å². The summed E-state index contributed by atoms with van der Waals surface area (Å²) in [5, 5.41) is 6.16. The fourth-order valence-corrected chi connectivity index (χ4v) is 1.78. The van der Waals surface area contributed by atoms with Crippen LogP contribution in [-0.2, 0) is 0 Å². The van der Waals surface area contributed by atoms with Gasteiger partial charge in [0.2, 0.25) is 0 Å². The van der Waals surface area contributed by atoms with Crippen LogP contribution in [0.1, 0.15) is 0 Å². The molecular formula is C9H5F3N2O2S. The molecule has 4 nitrogen and oxygen atoms in total. The highest BCUT2D eigenvalue weighted by Gasteiger charge is 2.31. The molecule has 17 heavy (non-hydrogen) atoms. The van der Waals surface area contributed by atoms with Crippen LogP contribution in [0.25, 0.3) is 10.6 Å². The standard InChI is InChI=1S/C9H5F3N2O2S/c10-9(11,12)16-6-3-1-2-5(4-6)7-13-14-8(15)17-7/h1-4H,(H,14,15). The summed E-state index contributed by atoms with van der Waals surface area (Å²) in [5.74, 6) is -0.349. The van der Waals surface area contributed by atoms with E-state index >= 15 is 0 Å². The van der Waals surface area contributed by atoms with Crippen LogP contribution in [0.4, 0.5) is 13.2 Å². The van der Waals surface area contributed by atoms with E-state index in [9.17, 15) is 18.0 Å². The second kappa shape index (κ2) is 4.21. The summed E-state index contributed by atoms with van der Waals surface area (Å²) in [6.45, 7) is 0. The number of nitrogens with zero attached hydrogens (tertiary/aromatic N) is 1. The van der Waals surface area contributed by atoms with Crippen LogP contribution < -0.4 is 9.61 Å². The molecular weight excluding hydrogens is 257 g/mol. The second-order valence-corrected chi connectivity index (χ2v) is 3.96. The number of ether oxygens (including phenoxy) is 1. The Labute approximate surface area is 96.7 Å². The third-order valence-corrected chi connectivity index (χ3v) is 2.55. The number of H-pyrrole nitrogens is 1. The number of aromatic amines is 1. The molecule has 2 aromatic rings. The molecule has 0 saturated carbocycles. The summed E-state index contributed by atoms with van der Waals surface area (Å²) in [7, 11) is 0. The Morgan fingerprint density at radius 2 is 2.12 bits per heavy atom. The van der Waals surface area contributed by atoms with Crippen LogP contribution in [0, 0.1) is 0 Å². The van der Waals surface area contributed by atoms with Crippen LogP contribution in [0.3, 0.4) is 0 Å². The molecule has 90 valence electrons. The largest absolute Gasteiger partial charge is 0.573 e. The summed E-state index contributed by atoms with van der Waals surface area (Å²) in [6.07, 6.45) is -4.74. The smallest absolute Gasteiger partial charge is 0.406 e. The number of halogens is 3. The molecule has 0 amide bonds. The molecule has 0 bridgehead atoms. The number of nitrogens with one attached hydrogen (secondary N) is 1. The van der Waals surface area contributed by atoms with Crippen molar-refractivity contribution in [3.05, 3.63) is 33.9 Å². The zero-order valence-corrected chi connectivity index (χ0v) is 8.93. The van der Waals surface area contributed by atoms with E-state index in [-0.39, 0.29) is 10.6 Å². The summed E-state index contributed by atoms with van der Waals surface area (Å²) in [5.41, 5.74) is 0.384. The summed E-state index contributed by atoms with van der Waals surface area (Å²) >= 11 is 0.808. The van der Waals surface area contributed by atoms with Crippen molar-refractivity contribution >= 4 is 11.3 Å². The van der Waals surface area contributed by atoms with Gasteiger partial charge < -0.3 is 4.74 Å². The Hall–Kier alpha value is -1.83. The number of benzene rings is 1. The highest BCUT2D eigenvalue weighted by Crippen LogP contribution is 2.27. The van der Waals surface area contributed by atoms with Crippen LogP contribution in [0.5, 0.6) is 5.75 Å². The van der Waals surface area contributed by atoms with Gasteiger partial charge in [-0.3, -0.25) is 4.79 Å². The normalized spacial score (nSPS) is 11.5. The third-order valence-electron chi connectivity index (χ3n) is 1.75. The van der Waals surface area contributed by atoms with E-state index in [1.807, 2.05) is 0 Å². The molecule has 0 atom stereocenters. The maximum absolute atomic E-state index is 12.0. The minimum atomic E-state index is -4.74. The van der Waals surface area contributed by atoms with E-state index in [1.54, 1.807) is 0 Å². The van der Waals surface area contributed by atoms with Crippen molar-refractivity contribution in [2.45, 2.75) is 6.36 Å². The first kappa shape index (κ1) is 11.6. The molecule has 0 unspecified atom stereocenters. The Morgan fingerprint density at radius 1 is 1.35 bits per heavy atom. The first-order chi connectivity index (χ1) is 7.94. The Balaban J connectivity index is 2.32. The molecule has 0 aliphatic rings. The van der Waals surface area contributed by atoms with Gasteiger partial charge in [0.25, 0.3) is 0 Å². The van der Waals surface area contributed by atoms with E-state index < -0.39 is 6.36 Å². The van der Waals surface area contributed by atoms with E-state index in [0.717, 1.165) is 11.3 Å². The van der Waals surface area contributed by atoms with E-state index in [4.69, 9.17) is 0 Å². The quantitative estimate of drug-likeness (QED) is 0.904. The van der Waals surface area contributed by atoms with Crippen LogP contribution in [-0.4, -0.2) is 16.6 Å². The van der Waals surface area contributed by atoms with Gasteiger partial charge in [0.15, 0.2) is 0 Å². The first-order valence-electron chi connectivity index (χ1n) is 4.36. The minimum Gasteiger partial charge on any atom is -0.406 e. The minimum absolute atomic E-state index is 0.308. The number of hydrogen-bond acceptors (Lipinski definition) is 4. The topological polar surface area (TPSA) is 55.0 Å². The molecule has 0 aliphatic heterocycles. The lowest BCUT2D eigenvalue weighted by molar-refractivity contribution is -0.274. The summed E-state index contributed by atoms with van der Waals surface area (Å²) in [4.78, 5) is 10.5. The molecule has 0 fully saturated rings. The lowest BCUT2D eigenvalue weighted by Crippen LogP contribution is -2.17. The van der Waals surface area contributed by atoms with Gasteiger partial charge >= 0.3 is 11.2 Å². The molecule has 2 rings (SSSR count). The highest BCUT2D eigenvalue weighted by molar-refractivity contribution is 7.12.